The zero-order valence-electron chi connectivity index (χ0n) is 13.6. The Kier molecular flexibility index (Phi) is 4.46. The van der Waals surface area contributed by atoms with Crippen molar-refractivity contribution in [1.29, 1.82) is 0 Å². The lowest BCUT2D eigenvalue weighted by molar-refractivity contribution is -0.0524. The van der Waals surface area contributed by atoms with Gasteiger partial charge < -0.3 is 13.3 Å². The fraction of sp³-hybridized carbons (Fsp3) is 0.846. The molecule has 1 aliphatic carbocycles. The first-order chi connectivity index (χ1) is 10.2. The Morgan fingerprint density at radius 3 is 2.30 bits per heavy atom. The van der Waals surface area contributed by atoms with Gasteiger partial charge in [-0.05, 0) is 30.6 Å². The average molecular weight is 374 g/mol. The maximum Gasteiger partial charge on any atom is 0.534 e. The molecule has 1 saturated heterocycles. The Balaban J connectivity index is 2.07. The Labute approximate surface area is 135 Å². The van der Waals surface area contributed by atoms with Gasteiger partial charge in [-0.15, -0.1) is 0 Å². The summed E-state index contributed by atoms with van der Waals surface area (Å²) >= 11 is 0. The number of halogens is 3. The molecule has 0 saturated carbocycles. The van der Waals surface area contributed by atoms with Crippen molar-refractivity contribution in [2.45, 2.75) is 69.1 Å². The number of rotatable bonds is 4. The van der Waals surface area contributed by atoms with E-state index in [1.807, 2.05) is 0 Å². The van der Waals surface area contributed by atoms with Crippen LogP contribution in [-0.2, 0) is 23.5 Å². The molecule has 23 heavy (non-hydrogen) atoms. The maximum atomic E-state index is 12.4. The van der Waals surface area contributed by atoms with E-state index in [0.29, 0.717) is 0 Å². The third-order valence-corrected chi connectivity index (χ3v) is 9.95. The molecule has 0 radical (unpaired) electrons. The van der Waals surface area contributed by atoms with Crippen LogP contribution in [-0.4, -0.2) is 40.6 Å². The molecule has 0 amide bonds. The molecule has 3 atom stereocenters. The van der Waals surface area contributed by atoms with E-state index in [1.54, 1.807) is 0 Å². The quantitative estimate of drug-likeness (QED) is 0.327. The minimum Gasteiger partial charge on any atom is -0.411 e. The third-order valence-electron chi connectivity index (χ3n) is 4.47. The average Bonchev–Trinajstić information content (AvgIpc) is 3.09. The van der Waals surface area contributed by atoms with Crippen molar-refractivity contribution in [3.63, 3.8) is 0 Å². The highest BCUT2D eigenvalue weighted by Gasteiger charge is 2.57. The number of ether oxygens (including phenoxy) is 1. The van der Waals surface area contributed by atoms with Crippen LogP contribution in [0.4, 0.5) is 13.2 Å². The van der Waals surface area contributed by atoms with Gasteiger partial charge >= 0.3 is 15.6 Å². The molecule has 0 unspecified atom stereocenters. The van der Waals surface area contributed by atoms with Gasteiger partial charge in [-0.1, -0.05) is 20.8 Å². The zero-order valence-corrected chi connectivity index (χ0v) is 15.4. The first kappa shape index (κ1) is 18.8. The molecule has 0 aromatic heterocycles. The predicted octanol–water partition coefficient (Wildman–Crippen LogP) is 3.30. The highest BCUT2D eigenvalue weighted by molar-refractivity contribution is 7.87. The number of epoxide rings is 1. The van der Waals surface area contributed by atoms with Crippen LogP contribution >= 0.6 is 0 Å². The summed E-state index contributed by atoms with van der Waals surface area (Å²) in [6.07, 6.45) is 0.0519. The third kappa shape index (κ3) is 3.75. The smallest absolute Gasteiger partial charge is 0.411 e. The molecule has 1 heterocycles. The molecule has 0 N–H and O–H groups in total. The van der Waals surface area contributed by atoms with E-state index in [-0.39, 0.29) is 23.3 Å². The Morgan fingerprint density at radius 2 is 1.83 bits per heavy atom. The molecule has 2 rings (SSSR count). The lowest BCUT2D eigenvalue weighted by atomic mass is 10.0. The van der Waals surface area contributed by atoms with Crippen LogP contribution in [0.3, 0.4) is 0 Å². The normalized spacial score (nSPS) is 28.9. The van der Waals surface area contributed by atoms with E-state index in [9.17, 15) is 21.6 Å². The maximum absolute atomic E-state index is 12.4. The van der Waals surface area contributed by atoms with Gasteiger partial charge in [0.05, 0.1) is 6.10 Å². The standard InChI is InChI=1S/C13H21F3O5SSi/c1-12(2,3)23(4,5)21-9-7-6-8(10-11(9)19-10)20-22(17,18)13(14,15)16/h6,9-11H,7H2,1-5H3/t9-,10-,11+/m0/s1. The number of fused-ring (bicyclic) bond motifs is 1. The van der Waals surface area contributed by atoms with Crippen LogP contribution in [0, 0.1) is 0 Å². The molecular weight excluding hydrogens is 353 g/mol. The first-order valence-electron chi connectivity index (χ1n) is 7.20. The Hall–Kier alpha value is -0.583. The van der Waals surface area contributed by atoms with Gasteiger partial charge in [0.15, 0.2) is 8.32 Å². The summed E-state index contributed by atoms with van der Waals surface area (Å²) in [7, 11) is -7.71. The summed E-state index contributed by atoms with van der Waals surface area (Å²) in [6.45, 7) is 10.4. The van der Waals surface area contributed by atoms with E-state index >= 15 is 0 Å². The van der Waals surface area contributed by atoms with Crippen LogP contribution in [0.1, 0.15) is 27.2 Å². The van der Waals surface area contributed by atoms with Gasteiger partial charge in [0.25, 0.3) is 0 Å². The second-order valence-electron chi connectivity index (χ2n) is 7.26. The van der Waals surface area contributed by atoms with Gasteiger partial charge in [0.2, 0.25) is 0 Å². The largest absolute Gasteiger partial charge is 0.534 e. The topological polar surface area (TPSA) is 65.1 Å². The molecular formula is C13H21F3O5SSi. The zero-order chi connectivity index (χ0) is 17.8. The lowest BCUT2D eigenvalue weighted by Gasteiger charge is -2.39. The van der Waals surface area contributed by atoms with Gasteiger partial charge in [0, 0.05) is 0 Å². The van der Waals surface area contributed by atoms with Crippen LogP contribution < -0.4 is 0 Å². The molecule has 0 aromatic rings. The summed E-state index contributed by atoms with van der Waals surface area (Å²) in [5.74, 6) is -0.303. The summed E-state index contributed by atoms with van der Waals surface area (Å²) in [6, 6.07) is 0. The van der Waals surface area contributed by atoms with Crippen molar-refractivity contribution < 1.29 is 34.9 Å². The minimum atomic E-state index is -5.66. The number of hydrogen-bond acceptors (Lipinski definition) is 5. The second kappa shape index (κ2) is 5.47. The van der Waals surface area contributed by atoms with E-state index in [4.69, 9.17) is 9.16 Å². The van der Waals surface area contributed by atoms with Gasteiger partial charge in [-0.25, -0.2) is 0 Å². The highest BCUT2D eigenvalue weighted by atomic mass is 32.2. The van der Waals surface area contributed by atoms with Gasteiger partial charge in [-0.2, -0.15) is 21.6 Å². The molecule has 0 spiro atoms. The van der Waals surface area contributed by atoms with Crippen molar-refractivity contribution in [3.8, 4) is 0 Å². The Bertz CT molecular complexity index is 606. The molecule has 10 heteroatoms. The van der Waals surface area contributed by atoms with Crippen molar-refractivity contribution in [1.82, 2.24) is 0 Å². The van der Waals surface area contributed by atoms with Gasteiger partial charge in [-0.3, -0.25) is 0 Å². The van der Waals surface area contributed by atoms with Crippen molar-refractivity contribution in [2.24, 2.45) is 0 Å². The fourth-order valence-corrected chi connectivity index (χ4v) is 3.90. The summed E-state index contributed by atoms with van der Waals surface area (Å²) < 4.78 is 74.9. The summed E-state index contributed by atoms with van der Waals surface area (Å²) in [5.41, 5.74) is -5.45. The van der Waals surface area contributed by atoms with Crippen molar-refractivity contribution >= 4 is 18.4 Å². The molecule has 5 nitrogen and oxygen atoms in total. The highest BCUT2D eigenvalue weighted by Crippen LogP contribution is 2.45. The lowest BCUT2D eigenvalue weighted by Crippen LogP contribution is -2.46. The van der Waals surface area contributed by atoms with Crippen molar-refractivity contribution in [2.75, 3.05) is 0 Å². The van der Waals surface area contributed by atoms with Crippen LogP contribution in [0.15, 0.2) is 11.8 Å². The summed E-state index contributed by atoms with van der Waals surface area (Å²) in [4.78, 5) is 0. The molecule has 134 valence electrons. The van der Waals surface area contributed by atoms with E-state index in [0.717, 1.165) is 0 Å². The van der Waals surface area contributed by atoms with E-state index in [2.05, 4.69) is 38.0 Å². The number of hydrogen-bond donors (Lipinski definition) is 0. The predicted molar refractivity (Wildman–Crippen MR) is 79.5 cm³/mol. The second-order valence-corrected chi connectivity index (χ2v) is 13.6. The van der Waals surface area contributed by atoms with Gasteiger partial charge in [0.1, 0.15) is 18.0 Å². The van der Waals surface area contributed by atoms with Crippen LogP contribution in [0.5, 0.6) is 0 Å². The first-order valence-corrected chi connectivity index (χ1v) is 11.5. The van der Waals surface area contributed by atoms with E-state index < -0.39 is 36.2 Å². The van der Waals surface area contributed by atoms with Crippen LogP contribution in [0.25, 0.3) is 0 Å². The molecule has 0 aromatic carbocycles. The molecule has 1 fully saturated rings. The van der Waals surface area contributed by atoms with Crippen LogP contribution in [0.2, 0.25) is 18.1 Å². The summed E-state index contributed by atoms with van der Waals surface area (Å²) in [5, 5.41) is -0.0164. The molecule has 0 bridgehead atoms. The molecule has 1 aliphatic heterocycles. The number of alkyl halides is 3. The molecule has 2 aliphatic rings. The Morgan fingerprint density at radius 1 is 1.26 bits per heavy atom. The monoisotopic (exact) mass is 374 g/mol. The van der Waals surface area contributed by atoms with E-state index in [1.165, 1.54) is 6.08 Å². The van der Waals surface area contributed by atoms with Crippen molar-refractivity contribution in [3.05, 3.63) is 11.8 Å². The fourth-order valence-electron chi connectivity index (χ4n) is 2.04. The minimum absolute atomic E-state index is 0.0164. The SMILES string of the molecule is CC(C)(C)[Si](C)(C)O[C@H]1CC=C(OS(=O)(=O)C(F)(F)F)[C@@H]2O[C@H]12.